The molecule has 0 aliphatic carbocycles. The van der Waals surface area contributed by atoms with E-state index in [0.717, 1.165) is 5.56 Å². The summed E-state index contributed by atoms with van der Waals surface area (Å²) in [7, 11) is 0. The van der Waals surface area contributed by atoms with Crippen LogP contribution in [0.2, 0.25) is 0 Å². The number of hydrogen-bond donors (Lipinski definition) is 1. The summed E-state index contributed by atoms with van der Waals surface area (Å²) >= 11 is 0. The third-order valence-electron chi connectivity index (χ3n) is 2.02. The molecule has 2 N–H and O–H groups in total. The van der Waals surface area contributed by atoms with Crippen molar-refractivity contribution in [2.24, 2.45) is 5.73 Å². The van der Waals surface area contributed by atoms with Crippen LogP contribution in [0.3, 0.4) is 0 Å². The maximum absolute atomic E-state index is 10.8. The molecular formula is C12H15NO. The van der Waals surface area contributed by atoms with Gasteiger partial charge in [0.1, 0.15) is 0 Å². The van der Waals surface area contributed by atoms with Crippen molar-refractivity contribution in [1.29, 1.82) is 0 Å². The van der Waals surface area contributed by atoms with E-state index in [1.807, 2.05) is 32.1 Å². The van der Waals surface area contributed by atoms with Gasteiger partial charge < -0.3 is 5.73 Å². The minimum Gasteiger partial charge on any atom is -0.366 e. The molecule has 0 spiro atoms. The molecule has 0 fully saturated rings. The van der Waals surface area contributed by atoms with Gasteiger partial charge in [0.25, 0.3) is 0 Å². The standard InChI is InChI=1S/C12H15NO/c1-8-4-9(2)6-11(5-8)7-10(3)12(13)14/h4-7H,1-3H3,(H2,13,14). The van der Waals surface area contributed by atoms with Crippen LogP contribution < -0.4 is 5.73 Å². The second-order valence-corrected chi connectivity index (χ2v) is 3.61. The van der Waals surface area contributed by atoms with Crippen LogP contribution >= 0.6 is 0 Å². The zero-order valence-electron chi connectivity index (χ0n) is 8.79. The van der Waals surface area contributed by atoms with Gasteiger partial charge in [-0.1, -0.05) is 29.3 Å². The van der Waals surface area contributed by atoms with E-state index in [1.54, 1.807) is 6.92 Å². The Labute approximate surface area is 84.4 Å². The predicted molar refractivity (Wildman–Crippen MR) is 58.8 cm³/mol. The van der Waals surface area contributed by atoms with Crippen molar-refractivity contribution >= 4 is 12.0 Å². The van der Waals surface area contributed by atoms with E-state index in [2.05, 4.69) is 6.07 Å². The van der Waals surface area contributed by atoms with Crippen LogP contribution in [0.4, 0.5) is 0 Å². The SMILES string of the molecule is CC(=Cc1cc(C)cc(C)c1)C(N)=O. The molecule has 0 radical (unpaired) electrons. The number of primary amides is 1. The van der Waals surface area contributed by atoms with Crippen LogP contribution in [-0.2, 0) is 4.79 Å². The van der Waals surface area contributed by atoms with Crippen molar-refractivity contribution in [3.8, 4) is 0 Å². The molecule has 0 heterocycles. The van der Waals surface area contributed by atoms with Gasteiger partial charge in [0.2, 0.25) is 5.91 Å². The third kappa shape index (κ3) is 2.73. The number of carbonyl (C=O) groups excluding carboxylic acids is 1. The first-order valence-electron chi connectivity index (χ1n) is 4.55. The lowest BCUT2D eigenvalue weighted by Crippen LogP contribution is -2.11. The van der Waals surface area contributed by atoms with E-state index < -0.39 is 0 Å². The molecule has 14 heavy (non-hydrogen) atoms. The van der Waals surface area contributed by atoms with E-state index in [4.69, 9.17) is 5.73 Å². The lowest BCUT2D eigenvalue weighted by Gasteiger charge is -2.01. The molecule has 74 valence electrons. The molecule has 0 saturated heterocycles. The second kappa shape index (κ2) is 4.09. The molecule has 0 aliphatic rings. The maximum Gasteiger partial charge on any atom is 0.244 e. The fourth-order valence-electron chi connectivity index (χ4n) is 1.41. The van der Waals surface area contributed by atoms with Gasteiger partial charge in [-0.15, -0.1) is 0 Å². The number of aryl methyl sites for hydroxylation is 2. The van der Waals surface area contributed by atoms with E-state index >= 15 is 0 Å². The summed E-state index contributed by atoms with van der Waals surface area (Å²) < 4.78 is 0. The number of nitrogens with two attached hydrogens (primary N) is 1. The summed E-state index contributed by atoms with van der Waals surface area (Å²) in [5.74, 6) is -0.371. The van der Waals surface area contributed by atoms with Crippen molar-refractivity contribution in [3.63, 3.8) is 0 Å². The quantitative estimate of drug-likeness (QED) is 0.712. The number of carbonyl (C=O) groups is 1. The minimum atomic E-state index is -0.371. The van der Waals surface area contributed by atoms with Crippen LogP contribution in [0, 0.1) is 13.8 Å². The first-order chi connectivity index (χ1) is 6.49. The number of hydrogen-bond acceptors (Lipinski definition) is 1. The van der Waals surface area contributed by atoms with Gasteiger partial charge >= 0.3 is 0 Å². The highest BCUT2D eigenvalue weighted by Crippen LogP contribution is 2.12. The van der Waals surface area contributed by atoms with Crippen molar-refractivity contribution < 1.29 is 4.79 Å². The summed E-state index contributed by atoms with van der Waals surface area (Å²) in [6.45, 7) is 5.79. The second-order valence-electron chi connectivity index (χ2n) is 3.61. The Morgan fingerprint density at radius 3 is 2.14 bits per heavy atom. The van der Waals surface area contributed by atoms with Gasteiger partial charge in [0.15, 0.2) is 0 Å². The fraction of sp³-hybridized carbons (Fsp3) is 0.250. The molecule has 0 saturated carbocycles. The molecule has 0 aliphatic heterocycles. The summed E-state index contributed by atoms with van der Waals surface area (Å²) in [6, 6.07) is 6.15. The topological polar surface area (TPSA) is 43.1 Å². The first kappa shape index (κ1) is 10.5. The van der Waals surface area contributed by atoms with E-state index in [1.165, 1.54) is 11.1 Å². The molecule has 2 heteroatoms. The number of rotatable bonds is 2. The largest absolute Gasteiger partial charge is 0.366 e. The molecular weight excluding hydrogens is 174 g/mol. The summed E-state index contributed by atoms with van der Waals surface area (Å²) in [4.78, 5) is 10.8. The molecule has 0 unspecified atom stereocenters. The molecule has 2 nitrogen and oxygen atoms in total. The summed E-state index contributed by atoms with van der Waals surface area (Å²) in [5.41, 5.74) is 9.13. The summed E-state index contributed by atoms with van der Waals surface area (Å²) in [6.07, 6.45) is 1.81. The lowest BCUT2D eigenvalue weighted by molar-refractivity contribution is -0.114. The number of amides is 1. The highest BCUT2D eigenvalue weighted by Gasteiger charge is 1.98. The van der Waals surface area contributed by atoms with Crippen molar-refractivity contribution in [2.75, 3.05) is 0 Å². The average molecular weight is 189 g/mol. The molecule has 1 amide bonds. The molecule has 0 bridgehead atoms. The van der Waals surface area contributed by atoms with Gasteiger partial charge in [-0.25, -0.2) is 0 Å². The molecule has 1 rings (SSSR count). The monoisotopic (exact) mass is 189 g/mol. The van der Waals surface area contributed by atoms with Crippen LogP contribution in [0.5, 0.6) is 0 Å². The van der Waals surface area contributed by atoms with E-state index in [9.17, 15) is 4.79 Å². The smallest absolute Gasteiger partial charge is 0.244 e. The lowest BCUT2D eigenvalue weighted by atomic mass is 10.1. The molecule has 0 aromatic heterocycles. The third-order valence-corrected chi connectivity index (χ3v) is 2.02. The maximum atomic E-state index is 10.8. The van der Waals surface area contributed by atoms with Gasteiger partial charge in [-0.2, -0.15) is 0 Å². The van der Waals surface area contributed by atoms with Gasteiger partial charge in [0, 0.05) is 5.57 Å². The fourth-order valence-corrected chi connectivity index (χ4v) is 1.41. The van der Waals surface area contributed by atoms with E-state index in [0.29, 0.717) is 5.57 Å². The molecule has 1 aromatic carbocycles. The van der Waals surface area contributed by atoms with Gasteiger partial charge in [0.05, 0.1) is 0 Å². The van der Waals surface area contributed by atoms with Crippen molar-refractivity contribution in [3.05, 3.63) is 40.5 Å². The van der Waals surface area contributed by atoms with Crippen LogP contribution in [0.25, 0.3) is 6.08 Å². The van der Waals surface area contributed by atoms with Crippen LogP contribution in [0.1, 0.15) is 23.6 Å². The summed E-state index contributed by atoms with van der Waals surface area (Å²) in [5, 5.41) is 0. The molecule has 0 atom stereocenters. The number of benzene rings is 1. The Morgan fingerprint density at radius 2 is 1.71 bits per heavy atom. The first-order valence-corrected chi connectivity index (χ1v) is 4.55. The van der Waals surface area contributed by atoms with Crippen molar-refractivity contribution in [2.45, 2.75) is 20.8 Å². The van der Waals surface area contributed by atoms with Crippen molar-refractivity contribution in [1.82, 2.24) is 0 Å². The highest BCUT2D eigenvalue weighted by atomic mass is 16.1. The molecule has 1 aromatic rings. The highest BCUT2D eigenvalue weighted by molar-refractivity contribution is 5.95. The Balaban J connectivity index is 3.08. The zero-order chi connectivity index (χ0) is 10.7. The predicted octanol–water partition coefficient (Wildman–Crippen LogP) is 2.19. The Hall–Kier alpha value is -1.57. The normalized spacial score (nSPS) is 11.5. The minimum absolute atomic E-state index is 0.371. The van der Waals surface area contributed by atoms with Gasteiger partial charge in [-0.3, -0.25) is 4.79 Å². The van der Waals surface area contributed by atoms with Crippen LogP contribution in [-0.4, -0.2) is 5.91 Å². The van der Waals surface area contributed by atoms with E-state index in [-0.39, 0.29) is 5.91 Å². The average Bonchev–Trinajstić information content (AvgIpc) is 2.01. The Bertz CT molecular complexity index is 371. The Morgan fingerprint density at radius 1 is 1.21 bits per heavy atom. The van der Waals surface area contributed by atoms with Gasteiger partial charge in [-0.05, 0) is 32.4 Å². The Kier molecular flexibility index (Phi) is 3.07. The zero-order valence-corrected chi connectivity index (χ0v) is 8.79. The van der Waals surface area contributed by atoms with Crippen LogP contribution in [0.15, 0.2) is 23.8 Å².